The van der Waals surface area contributed by atoms with Gasteiger partial charge in [0.1, 0.15) is 51.6 Å². The minimum atomic E-state index is -4.98. The summed E-state index contributed by atoms with van der Waals surface area (Å²) in [6.45, 7) is 13.3. The fourth-order valence-corrected chi connectivity index (χ4v) is 5.57. The molecule has 0 aliphatic rings. The second-order valence-corrected chi connectivity index (χ2v) is 12.2. The summed E-state index contributed by atoms with van der Waals surface area (Å²) in [7, 11) is -9.87. The van der Waals surface area contributed by atoms with Crippen molar-refractivity contribution in [1.82, 2.24) is 0 Å². The average molecular weight is 719 g/mol. The molecule has 3 aromatic rings. The van der Waals surface area contributed by atoms with Gasteiger partial charge >= 0.3 is 5.97 Å². The van der Waals surface area contributed by atoms with Gasteiger partial charge in [0, 0.05) is 22.4 Å². The Balaban J connectivity index is 1.76. The Labute approximate surface area is 285 Å². The molecule has 0 saturated carbocycles. The minimum Gasteiger partial charge on any atom is -0.744 e. The summed E-state index contributed by atoms with van der Waals surface area (Å²) in [5.41, 5.74) is -1.71. The molecule has 0 atom stereocenters. The third kappa shape index (κ3) is 9.95. The number of hydrogen-bond acceptors (Lipinski definition) is 14. The van der Waals surface area contributed by atoms with Crippen LogP contribution in [0.4, 0.5) is 0 Å². The molecule has 0 aromatic heterocycles. The second-order valence-electron chi connectivity index (χ2n) is 9.51. The average Bonchev–Trinajstić information content (AvgIpc) is 3.09. The number of Topliss-reactive ketones (excluding diaryl/α,β-unsaturated/α-hetero) is 1. The lowest BCUT2D eigenvalue weighted by Gasteiger charge is -2.14. The van der Waals surface area contributed by atoms with Crippen LogP contribution in [0.25, 0.3) is 21.1 Å². The van der Waals surface area contributed by atoms with Crippen molar-refractivity contribution in [2.75, 3.05) is 33.0 Å². The van der Waals surface area contributed by atoms with E-state index in [1.807, 2.05) is 0 Å². The van der Waals surface area contributed by atoms with E-state index in [0.29, 0.717) is 0 Å². The van der Waals surface area contributed by atoms with Gasteiger partial charge in [0.25, 0.3) is 11.4 Å². The Morgan fingerprint density at radius 1 is 0.700 bits per heavy atom. The third-order valence-electron chi connectivity index (χ3n) is 6.39. The molecule has 0 amide bonds. The molecule has 0 fully saturated rings. The van der Waals surface area contributed by atoms with Crippen molar-refractivity contribution in [3.05, 3.63) is 105 Å². The second kappa shape index (κ2) is 17.3. The van der Waals surface area contributed by atoms with Crippen molar-refractivity contribution in [1.29, 1.82) is 10.5 Å². The Bertz CT molecular complexity index is 2300. The molecule has 0 unspecified atom stereocenters. The molecule has 0 N–H and O–H groups in total. The highest BCUT2D eigenvalue weighted by molar-refractivity contribution is 7.86. The van der Waals surface area contributed by atoms with Crippen LogP contribution < -0.4 is 19.9 Å². The molecule has 0 aliphatic heterocycles. The first-order chi connectivity index (χ1) is 23.8. The van der Waals surface area contributed by atoms with E-state index in [2.05, 4.69) is 9.69 Å². The van der Waals surface area contributed by atoms with E-state index in [-0.39, 0.29) is 53.7 Å². The molecule has 0 saturated heterocycles. The first kappa shape index (κ1) is 38.3. The highest BCUT2D eigenvalue weighted by Crippen LogP contribution is 2.18. The van der Waals surface area contributed by atoms with Gasteiger partial charge < -0.3 is 28.1 Å². The number of esters is 1. The lowest BCUT2D eigenvalue weighted by molar-refractivity contribution is 0.0444. The number of hydrogen-bond donors (Lipinski definition) is 0. The van der Waals surface area contributed by atoms with Gasteiger partial charge in [0.15, 0.2) is 5.78 Å². The zero-order chi connectivity index (χ0) is 36.9. The van der Waals surface area contributed by atoms with Crippen LogP contribution in [0, 0.1) is 35.8 Å². The van der Waals surface area contributed by atoms with Gasteiger partial charge in [0.05, 0.1) is 53.9 Å². The number of ketones is 1. The molecule has 16 nitrogen and oxygen atoms in total. The standard InChI is InChI=1S/C32H24N4O12S2/c1-35-25(19-33)23-18-29(47-15-16-48-32(38)22-8-4-6-10-31(22)50(42,43)44)24(26(20-34)36-2)17-28(23)46-14-13-45-12-11-27(37)21-7-3-5-9-30(21)49(39,40)41/h3-10,17-18H,11-16H2,(H,39,40,41)(H,42,43,44)/p-2/b25-23+,26-24-. The highest BCUT2D eigenvalue weighted by atomic mass is 32.2. The number of carbonyl (C=O) groups excluding carboxylic acids is 2. The van der Waals surface area contributed by atoms with Gasteiger partial charge in [-0.2, -0.15) is 0 Å². The van der Waals surface area contributed by atoms with Gasteiger partial charge in [-0.1, -0.05) is 30.3 Å². The monoisotopic (exact) mass is 718 g/mol. The molecule has 0 aliphatic carbocycles. The first-order valence-electron chi connectivity index (χ1n) is 13.9. The highest BCUT2D eigenvalue weighted by Gasteiger charge is 2.18. The summed E-state index contributed by atoms with van der Waals surface area (Å²) < 4.78 is 90.5. The number of benzene rings is 3. The SMILES string of the molecule is [C-]#[N+]/C(C#N)=c1/cc(OCCOCCC(=O)c2ccccc2S(=O)(=O)[O-])/c(=C(\C#N)[N+]#[C-])cc1OCCOC(=O)c1ccccc1S(=O)(=O)[O-]. The Morgan fingerprint density at radius 2 is 1.16 bits per heavy atom. The predicted octanol–water partition coefficient (Wildman–Crippen LogP) is 1.50. The van der Waals surface area contributed by atoms with Crippen LogP contribution in [-0.2, 0) is 29.7 Å². The van der Waals surface area contributed by atoms with Crippen LogP contribution in [0.1, 0.15) is 27.1 Å². The number of carbonyl (C=O) groups is 2. The number of rotatable bonds is 15. The minimum absolute atomic E-state index is 0.0966. The fraction of sp³-hybridized carbons (Fsp3) is 0.188. The first-order valence-corrected chi connectivity index (χ1v) is 16.7. The fourth-order valence-electron chi connectivity index (χ4n) is 4.20. The maximum atomic E-state index is 12.5. The third-order valence-corrected chi connectivity index (χ3v) is 8.18. The summed E-state index contributed by atoms with van der Waals surface area (Å²) in [4.78, 5) is 29.8. The predicted molar refractivity (Wildman–Crippen MR) is 167 cm³/mol. The molecule has 0 bridgehead atoms. The number of nitrogens with zero attached hydrogens (tertiary/aromatic N) is 4. The van der Waals surface area contributed by atoms with Crippen molar-refractivity contribution in [3.63, 3.8) is 0 Å². The van der Waals surface area contributed by atoms with Gasteiger partial charge in [-0.3, -0.25) is 4.79 Å². The smallest absolute Gasteiger partial charge is 0.339 e. The van der Waals surface area contributed by atoms with Crippen molar-refractivity contribution < 1.29 is 54.5 Å². The van der Waals surface area contributed by atoms with E-state index in [9.17, 15) is 46.1 Å². The Hall–Kier alpha value is -6.12. The van der Waals surface area contributed by atoms with Crippen molar-refractivity contribution in [2.24, 2.45) is 0 Å². The maximum Gasteiger partial charge on any atom is 0.339 e. The number of nitriles is 2. The molecule has 0 spiro atoms. The summed E-state index contributed by atoms with van der Waals surface area (Å²) in [6.07, 6.45) is -0.275. The molecule has 18 heteroatoms. The van der Waals surface area contributed by atoms with Crippen LogP contribution in [0.5, 0.6) is 11.5 Å². The number of ether oxygens (including phenoxy) is 4. The van der Waals surface area contributed by atoms with Crippen LogP contribution >= 0.6 is 0 Å². The van der Waals surface area contributed by atoms with E-state index in [1.54, 1.807) is 12.1 Å². The van der Waals surface area contributed by atoms with Crippen LogP contribution in [0.2, 0.25) is 0 Å². The lowest BCUT2D eigenvalue weighted by Crippen LogP contribution is -2.22. The summed E-state index contributed by atoms with van der Waals surface area (Å²) in [6, 6.07) is 15.3. The van der Waals surface area contributed by atoms with E-state index in [0.717, 1.165) is 24.3 Å². The summed E-state index contributed by atoms with van der Waals surface area (Å²) in [5.74, 6) is -2.08. The Morgan fingerprint density at radius 3 is 1.64 bits per heavy atom. The molecule has 0 radical (unpaired) electrons. The lowest BCUT2D eigenvalue weighted by atomic mass is 10.1. The summed E-state index contributed by atoms with van der Waals surface area (Å²) in [5, 5.41) is 18.9. The topological polar surface area (TPSA) is 242 Å². The quantitative estimate of drug-likeness (QED) is 0.0711. The molecule has 50 heavy (non-hydrogen) atoms. The molecule has 3 rings (SSSR count). The van der Waals surface area contributed by atoms with Crippen LogP contribution in [-0.4, -0.2) is 70.7 Å². The summed E-state index contributed by atoms with van der Waals surface area (Å²) >= 11 is 0. The maximum absolute atomic E-state index is 12.5. The Kier molecular flexibility index (Phi) is 13.3. The molecular weight excluding hydrogens is 697 g/mol. The van der Waals surface area contributed by atoms with Crippen LogP contribution in [0.3, 0.4) is 0 Å². The van der Waals surface area contributed by atoms with Gasteiger partial charge in [-0.25, -0.2) is 41.8 Å². The molecule has 0 heterocycles. The van der Waals surface area contributed by atoms with Gasteiger partial charge in [-0.15, -0.1) is 0 Å². The molecule has 3 aromatic carbocycles. The normalized spacial score (nSPS) is 12.2. The van der Waals surface area contributed by atoms with Crippen molar-refractivity contribution in [3.8, 4) is 23.6 Å². The van der Waals surface area contributed by atoms with E-state index in [4.69, 9.17) is 32.1 Å². The molecular formula is C32H22N4O12S2-2. The van der Waals surface area contributed by atoms with Gasteiger partial charge in [0.2, 0.25) is 0 Å². The largest absolute Gasteiger partial charge is 0.744 e. The van der Waals surface area contributed by atoms with Crippen molar-refractivity contribution in [2.45, 2.75) is 16.2 Å². The van der Waals surface area contributed by atoms with E-state index >= 15 is 0 Å². The van der Waals surface area contributed by atoms with Gasteiger partial charge in [-0.05, 0) is 30.3 Å². The van der Waals surface area contributed by atoms with Crippen LogP contribution in [0.15, 0.2) is 70.5 Å². The molecule has 256 valence electrons. The van der Waals surface area contributed by atoms with E-state index in [1.165, 1.54) is 36.4 Å². The zero-order valence-electron chi connectivity index (χ0n) is 25.5. The zero-order valence-corrected chi connectivity index (χ0v) is 27.2. The van der Waals surface area contributed by atoms with E-state index < -0.39 is 72.0 Å². The van der Waals surface area contributed by atoms with Crippen molar-refractivity contribution >= 4 is 43.4 Å².